The molecular weight excluding hydrogens is 369 g/mol. The van der Waals surface area contributed by atoms with Crippen LogP contribution in [0.1, 0.15) is 20.3 Å². The van der Waals surface area contributed by atoms with Crippen molar-refractivity contribution < 1.29 is 18.8 Å². The van der Waals surface area contributed by atoms with Gasteiger partial charge in [0.25, 0.3) is 0 Å². The van der Waals surface area contributed by atoms with Crippen molar-refractivity contribution in [1.29, 1.82) is 0 Å². The molecular formula is C15H17BrFN3O3. The number of rotatable bonds is 4. The molecule has 124 valence electrons. The van der Waals surface area contributed by atoms with E-state index in [9.17, 15) is 18.8 Å². The summed E-state index contributed by atoms with van der Waals surface area (Å²) >= 11 is 3.13. The van der Waals surface area contributed by atoms with E-state index in [1.54, 1.807) is 6.07 Å². The maximum Gasteiger partial charge on any atom is 0.319 e. The molecule has 1 aliphatic rings. The summed E-state index contributed by atoms with van der Waals surface area (Å²) in [6.07, 6.45) is 0.405. The lowest BCUT2D eigenvalue weighted by molar-refractivity contribution is -0.133. The van der Waals surface area contributed by atoms with Crippen LogP contribution >= 0.6 is 15.9 Å². The zero-order valence-corrected chi connectivity index (χ0v) is 14.3. The summed E-state index contributed by atoms with van der Waals surface area (Å²) in [6.45, 7) is 3.25. The first-order valence-electron chi connectivity index (χ1n) is 7.10. The SMILES string of the molecule is CC(=O)CN1C(=O)C(NC(=O)Nc2ccc(Br)cc2F)CC1C. The van der Waals surface area contributed by atoms with E-state index < -0.39 is 17.9 Å². The van der Waals surface area contributed by atoms with Gasteiger partial charge in [-0.05, 0) is 38.5 Å². The van der Waals surface area contributed by atoms with E-state index in [2.05, 4.69) is 26.6 Å². The molecule has 1 aliphatic heterocycles. The number of nitrogens with one attached hydrogen (secondary N) is 2. The first-order chi connectivity index (χ1) is 10.8. The third kappa shape index (κ3) is 4.28. The molecule has 0 spiro atoms. The van der Waals surface area contributed by atoms with Crippen molar-refractivity contribution in [2.24, 2.45) is 0 Å². The van der Waals surface area contributed by atoms with Crippen LogP contribution in [0.5, 0.6) is 0 Å². The van der Waals surface area contributed by atoms with Crippen LogP contribution in [0.3, 0.4) is 0 Å². The van der Waals surface area contributed by atoms with Gasteiger partial charge in [-0.2, -0.15) is 0 Å². The fraction of sp³-hybridized carbons (Fsp3) is 0.400. The van der Waals surface area contributed by atoms with Gasteiger partial charge in [0.05, 0.1) is 12.2 Å². The molecule has 8 heteroatoms. The van der Waals surface area contributed by atoms with Gasteiger partial charge in [-0.1, -0.05) is 15.9 Å². The highest BCUT2D eigenvalue weighted by atomic mass is 79.9. The van der Waals surface area contributed by atoms with Gasteiger partial charge in [-0.25, -0.2) is 9.18 Å². The minimum atomic E-state index is -0.720. The molecule has 0 aromatic heterocycles. The third-order valence-corrected chi connectivity index (χ3v) is 4.06. The molecule has 0 saturated carbocycles. The number of amides is 3. The third-order valence-electron chi connectivity index (χ3n) is 3.57. The largest absolute Gasteiger partial charge is 0.331 e. The quantitative estimate of drug-likeness (QED) is 0.834. The summed E-state index contributed by atoms with van der Waals surface area (Å²) in [5, 5.41) is 4.89. The van der Waals surface area contributed by atoms with Gasteiger partial charge in [0.2, 0.25) is 5.91 Å². The molecule has 3 amide bonds. The van der Waals surface area contributed by atoms with Crippen molar-refractivity contribution in [2.45, 2.75) is 32.4 Å². The second kappa shape index (κ2) is 7.08. The predicted octanol–water partition coefficient (Wildman–Crippen LogP) is 2.29. The topological polar surface area (TPSA) is 78.5 Å². The predicted molar refractivity (Wildman–Crippen MR) is 86.5 cm³/mol. The molecule has 23 heavy (non-hydrogen) atoms. The molecule has 6 nitrogen and oxygen atoms in total. The molecule has 0 radical (unpaired) electrons. The van der Waals surface area contributed by atoms with Crippen molar-refractivity contribution >= 4 is 39.3 Å². The number of anilines is 1. The molecule has 1 aromatic carbocycles. The Kier molecular flexibility index (Phi) is 5.35. The van der Waals surface area contributed by atoms with Gasteiger partial charge < -0.3 is 15.5 Å². The van der Waals surface area contributed by atoms with Crippen LogP contribution < -0.4 is 10.6 Å². The highest BCUT2D eigenvalue weighted by molar-refractivity contribution is 9.10. The number of halogens is 2. The summed E-state index contributed by atoms with van der Waals surface area (Å²) in [6, 6.07) is 2.72. The van der Waals surface area contributed by atoms with Crippen molar-refractivity contribution in [1.82, 2.24) is 10.2 Å². The second-order valence-corrected chi connectivity index (χ2v) is 6.44. The molecule has 1 heterocycles. The average molecular weight is 386 g/mol. The Hall–Kier alpha value is -1.96. The van der Waals surface area contributed by atoms with Crippen LogP contribution in [0.15, 0.2) is 22.7 Å². The number of Topliss-reactive ketones (excluding diaryl/α,β-unsaturated/α-hetero) is 1. The lowest BCUT2D eigenvalue weighted by atomic mass is 10.2. The van der Waals surface area contributed by atoms with Crippen LogP contribution in [0.2, 0.25) is 0 Å². The number of hydrogen-bond donors (Lipinski definition) is 2. The van der Waals surface area contributed by atoms with Crippen LogP contribution in [0, 0.1) is 5.82 Å². The number of likely N-dealkylation sites (tertiary alicyclic amines) is 1. The van der Waals surface area contributed by atoms with Gasteiger partial charge in [0, 0.05) is 10.5 Å². The zero-order chi connectivity index (χ0) is 17.1. The molecule has 2 N–H and O–H groups in total. The van der Waals surface area contributed by atoms with Gasteiger partial charge in [0.1, 0.15) is 17.6 Å². The molecule has 1 aromatic rings. The Morgan fingerprint density at radius 1 is 1.43 bits per heavy atom. The Morgan fingerprint density at radius 2 is 2.13 bits per heavy atom. The van der Waals surface area contributed by atoms with E-state index in [1.165, 1.54) is 24.0 Å². The summed E-state index contributed by atoms with van der Waals surface area (Å²) < 4.78 is 14.2. The van der Waals surface area contributed by atoms with Crippen LogP contribution in [-0.2, 0) is 9.59 Å². The number of carbonyl (C=O) groups is 3. The molecule has 1 fully saturated rings. The summed E-state index contributed by atoms with van der Waals surface area (Å²) in [4.78, 5) is 36.8. The van der Waals surface area contributed by atoms with Gasteiger partial charge in [0.15, 0.2) is 0 Å². The van der Waals surface area contributed by atoms with Crippen LogP contribution in [0.25, 0.3) is 0 Å². The Bertz CT molecular complexity index is 653. The fourth-order valence-electron chi connectivity index (χ4n) is 2.49. The second-order valence-electron chi connectivity index (χ2n) is 5.53. The smallest absolute Gasteiger partial charge is 0.319 e. The maximum absolute atomic E-state index is 13.7. The van der Waals surface area contributed by atoms with E-state index in [1.807, 2.05) is 6.92 Å². The van der Waals surface area contributed by atoms with Crippen molar-refractivity contribution in [3.8, 4) is 0 Å². The minimum absolute atomic E-state index is 0.0183. The van der Waals surface area contributed by atoms with E-state index in [0.29, 0.717) is 10.9 Å². The molecule has 1 saturated heterocycles. The van der Waals surface area contributed by atoms with E-state index in [4.69, 9.17) is 0 Å². The maximum atomic E-state index is 13.7. The number of nitrogens with zero attached hydrogens (tertiary/aromatic N) is 1. The molecule has 2 atom stereocenters. The normalized spacial score (nSPS) is 20.5. The first-order valence-corrected chi connectivity index (χ1v) is 7.89. The number of carbonyl (C=O) groups excluding carboxylic acids is 3. The monoisotopic (exact) mass is 385 g/mol. The Labute approximate surface area is 141 Å². The number of ketones is 1. The molecule has 0 bridgehead atoms. The van der Waals surface area contributed by atoms with Gasteiger partial charge >= 0.3 is 6.03 Å². The van der Waals surface area contributed by atoms with Crippen molar-refractivity contribution in [3.05, 3.63) is 28.5 Å². The van der Waals surface area contributed by atoms with Crippen molar-refractivity contribution in [2.75, 3.05) is 11.9 Å². The fourth-order valence-corrected chi connectivity index (χ4v) is 2.82. The summed E-state index contributed by atoms with van der Waals surface area (Å²) in [5.74, 6) is -1.01. The number of urea groups is 1. The van der Waals surface area contributed by atoms with E-state index >= 15 is 0 Å². The first kappa shape index (κ1) is 17.4. The molecule has 2 rings (SSSR count). The van der Waals surface area contributed by atoms with Gasteiger partial charge in [-0.15, -0.1) is 0 Å². The van der Waals surface area contributed by atoms with Crippen LogP contribution in [0.4, 0.5) is 14.9 Å². The van der Waals surface area contributed by atoms with Crippen LogP contribution in [-0.4, -0.2) is 41.2 Å². The molecule has 2 unspecified atom stereocenters. The standard InChI is InChI=1S/C15H17BrFN3O3/c1-8-5-13(14(22)20(8)7-9(2)21)19-15(23)18-12-4-3-10(16)6-11(12)17/h3-4,6,8,13H,5,7H2,1-2H3,(H2,18,19,23). The van der Waals surface area contributed by atoms with E-state index in [-0.39, 0.29) is 30.0 Å². The Balaban J connectivity index is 1.98. The summed E-state index contributed by atoms with van der Waals surface area (Å²) in [5.41, 5.74) is 0.0183. The van der Waals surface area contributed by atoms with Gasteiger partial charge in [-0.3, -0.25) is 9.59 Å². The highest BCUT2D eigenvalue weighted by Gasteiger charge is 2.38. The lowest BCUT2D eigenvalue weighted by Gasteiger charge is -2.19. The lowest BCUT2D eigenvalue weighted by Crippen LogP contribution is -2.44. The number of benzene rings is 1. The minimum Gasteiger partial charge on any atom is -0.331 e. The zero-order valence-electron chi connectivity index (χ0n) is 12.7. The highest BCUT2D eigenvalue weighted by Crippen LogP contribution is 2.21. The number of hydrogen-bond acceptors (Lipinski definition) is 3. The average Bonchev–Trinajstić information content (AvgIpc) is 2.69. The van der Waals surface area contributed by atoms with E-state index in [0.717, 1.165) is 0 Å². The Morgan fingerprint density at radius 3 is 2.74 bits per heavy atom. The van der Waals surface area contributed by atoms with Crippen molar-refractivity contribution in [3.63, 3.8) is 0 Å². The summed E-state index contributed by atoms with van der Waals surface area (Å²) in [7, 11) is 0. The molecule has 0 aliphatic carbocycles.